The van der Waals surface area contributed by atoms with Crippen molar-refractivity contribution in [3.05, 3.63) is 22.1 Å². The van der Waals surface area contributed by atoms with Crippen LogP contribution < -0.4 is 5.32 Å². The molecule has 0 radical (unpaired) electrons. The summed E-state index contributed by atoms with van der Waals surface area (Å²) < 4.78 is 13.9. The molecule has 1 aliphatic carbocycles. The van der Waals surface area contributed by atoms with Crippen LogP contribution in [0.1, 0.15) is 25.7 Å². The molecule has 18 heavy (non-hydrogen) atoms. The predicted octanol–water partition coefficient (Wildman–Crippen LogP) is 1.73. The molecule has 1 saturated heterocycles. The SMILES string of the molecule is O=C1CCCC2(C1)NC(=O)C1=CC(F)=C(Br)CN12. The van der Waals surface area contributed by atoms with Crippen LogP contribution in [0.5, 0.6) is 0 Å². The number of carbonyl (C=O) groups is 2. The van der Waals surface area contributed by atoms with E-state index in [-0.39, 0.29) is 11.7 Å². The molecular weight excluding hydrogens is 303 g/mol. The molecule has 4 nitrogen and oxygen atoms in total. The summed E-state index contributed by atoms with van der Waals surface area (Å²) in [4.78, 5) is 25.4. The lowest BCUT2D eigenvalue weighted by Crippen LogP contribution is -2.55. The Balaban J connectivity index is 2.00. The molecule has 96 valence electrons. The maximum Gasteiger partial charge on any atom is 0.269 e. The maximum absolute atomic E-state index is 13.5. The molecule has 6 heteroatoms. The number of rotatable bonds is 0. The molecule has 3 rings (SSSR count). The van der Waals surface area contributed by atoms with Crippen LogP contribution in [0.25, 0.3) is 0 Å². The average Bonchev–Trinajstić information content (AvgIpc) is 2.53. The molecule has 1 spiro atoms. The number of amides is 1. The Bertz CT molecular complexity index is 514. The molecule has 1 atom stereocenters. The summed E-state index contributed by atoms with van der Waals surface area (Å²) in [5.74, 6) is -0.565. The van der Waals surface area contributed by atoms with E-state index in [1.165, 1.54) is 6.08 Å². The number of hydrogen-bond acceptors (Lipinski definition) is 3. The van der Waals surface area contributed by atoms with Crippen molar-refractivity contribution in [2.75, 3.05) is 6.54 Å². The number of nitrogens with zero attached hydrogens (tertiary/aromatic N) is 1. The minimum absolute atomic E-state index is 0.147. The van der Waals surface area contributed by atoms with Gasteiger partial charge in [-0.3, -0.25) is 9.59 Å². The number of carbonyl (C=O) groups excluding carboxylic acids is 2. The lowest BCUT2D eigenvalue weighted by atomic mass is 9.87. The van der Waals surface area contributed by atoms with Crippen molar-refractivity contribution >= 4 is 27.6 Å². The quantitative estimate of drug-likeness (QED) is 0.741. The molecule has 2 fully saturated rings. The molecule has 1 saturated carbocycles. The minimum atomic E-state index is -0.641. The second-order valence-corrected chi connectivity index (χ2v) is 5.88. The van der Waals surface area contributed by atoms with Crippen molar-refractivity contribution < 1.29 is 14.0 Å². The van der Waals surface area contributed by atoms with E-state index in [4.69, 9.17) is 0 Å². The van der Waals surface area contributed by atoms with Crippen molar-refractivity contribution in [1.29, 1.82) is 0 Å². The molecule has 0 aromatic rings. The van der Waals surface area contributed by atoms with E-state index in [0.29, 0.717) is 29.6 Å². The first kappa shape index (κ1) is 11.9. The monoisotopic (exact) mass is 314 g/mol. The largest absolute Gasteiger partial charge is 0.339 e. The molecule has 0 bridgehead atoms. The molecule has 2 aliphatic heterocycles. The van der Waals surface area contributed by atoms with Crippen LogP contribution in [0.2, 0.25) is 0 Å². The van der Waals surface area contributed by atoms with Gasteiger partial charge >= 0.3 is 0 Å². The van der Waals surface area contributed by atoms with E-state index < -0.39 is 11.5 Å². The van der Waals surface area contributed by atoms with Gasteiger partial charge in [0.15, 0.2) is 0 Å². The Morgan fingerprint density at radius 1 is 1.44 bits per heavy atom. The van der Waals surface area contributed by atoms with Gasteiger partial charge in [0, 0.05) is 18.9 Å². The van der Waals surface area contributed by atoms with Gasteiger partial charge in [0.25, 0.3) is 5.91 Å². The zero-order chi connectivity index (χ0) is 12.9. The Hall–Kier alpha value is -1.17. The standard InChI is InChI=1S/C12H12BrFN2O2/c13-8-6-16-10(4-9(8)14)11(18)15-12(16)3-1-2-7(17)5-12/h4H,1-3,5-6H2,(H,15,18). The zero-order valence-corrected chi connectivity index (χ0v) is 11.2. The lowest BCUT2D eigenvalue weighted by molar-refractivity contribution is -0.124. The van der Waals surface area contributed by atoms with Crippen LogP contribution in [-0.4, -0.2) is 28.8 Å². The van der Waals surface area contributed by atoms with Gasteiger partial charge in [-0.05, 0) is 12.8 Å². The number of allylic oxidation sites excluding steroid dienone is 2. The summed E-state index contributed by atoms with van der Waals surface area (Å²) in [5, 5.41) is 2.87. The van der Waals surface area contributed by atoms with Crippen LogP contribution in [0.4, 0.5) is 4.39 Å². The predicted molar refractivity (Wildman–Crippen MR) is 66.2 cm³/mol. The van der Waals surface area contributed by atoms with Crippen molar-refractivity contribution in [3.63, 3.8) is 0 Å². The van der Waals surface area contributed by atoms with Gasteiger partial charge in [-0.15, -0.1) is 0 Å². The van der Waals surface area contributed by atoms with Gasteiger partial charge in [0.2, 0.25) is 0 Å². The topological polar surface area (TPSA) is 49.4 Å². The minimum Gasteiger partial charge on any atom is -0.339 e. The van der Waals surface area contributed by atoms with E-state index in [1.807, 2.05) is 4.90 Å². The van der Waals surface area contributed by atoms with Gasteiger partial charge in [-0.25, -0.2) is 4.39 Å². The van der Waals surface area contributed by atoms with Gasteiger partial charge in [0.05, 0.1) is 11.0 Å². The van der Waals surface area contributed by atoms with E-state index in [2.05, 4.69) is 21.2 Å². The number of Topliss-reactive ketones (excluding diaryl/α,β-unsaturated/α-hetero) is 1. The Morgan fingerprint density at radius 2 is 2.22 bits per heavy atom. The van der Waals surface area contributed by atoms with Crippen LogP contribution in [0.15, 0.2) is 22.1 Å². The first-order chi connectivity index (χ1) is 8.52. The van der Waals surface area contributed by atoms with Crippen LogP contribution >= 0.6 is 15.9 Å². The molecule has 0 aromatic heterocycles. The Kier molecular flexibility index (Phi) is 2.59. The fourth-order valence-electron chi connectivity index (χ4n) is 2.91. The first-order valence-corrected chi connectivity index (χ1v) is 6.69. The fraction of sp³-hybridized carbons (Fsp3) is 0.500. The molecule has 2 heterocycles. The summed E-state index contributed by atoms with van der Waals surface area (Å²) in [6.07, 6.45) is 3.58. The van der Waals surface area contributed by atoms with E-state index >= 15 is 0 Å². The third kappa shape index (κ3) is 1.62. The smallest absolute Gasteiger partial charge is 0.269 e. The third-order valence-electron chi connectivity index (χ3n) is 3.74. The molecule has 0 aromatic carbocycles. The first-order valence-electron chi connectivity index (χ1n) is 5.89. The normalized spacial score (nSPS) is 31.7. The van der Waals surface area contributed by atoms with E-state index in [0.717, 1.165) is 12.8 Å². The van der Waals surface area contributed by atoms with Gasteiger partial charge in [-0.1, -0.05) is 15.9 Å². The van der Waals surface area contributed by atoms with Crippen LogP contribution in [0.3, 0.4) is 0 Å². The summed E-state index contributed by atoms with van der Waals surface area (Å²) in [7, 11) is 0. The Morgan fingerprint density at radius 3 is 2.94 bits per heavy atom. The summed E-state index contributed by atoms with van der Waals surface area (Å²) >= 11 is 3.17. The van der Waals surface area contributed by atoms with Gasteiger partial charge in [0.1, 0.15) is 23.0 Å². The Labute approximate surface area is 112 Å². The number of halogens is 2. The molecule has 3 aliphatic rings. The van der Waals surface area contributed by atoms with Crippen LogP contribution in [-0.2, 0) is 9.59 Å². The molecule has 1 amide bonds. The number of hydrogen-bond donors (Lipinski definition) is 1. The highest BCUT2D eigenvalue weighted by atomic mass is 79.9. The summed E-state index contributed by atoms with van der Waals surface area (Å²) in [5.41, 5.74) is -0.316. The fourth-order valence-corrected chi connectivity index (χ4v) is 3.27. The molecular formula is C12H12BrFN2O2. The summed E-state index contributed by atoms with van der Waals surface area (Å²) in [6.45, 7) is 0.295. The number of fused-ring (bicyclic) bond motifs is 2. The molecule has 1 unspecified atom stereocenters. The molecule has 1 N–H and O–H groups in total. The third-order valence-corrected chi connectivity index (χ3v) is 4.37. The zero-order valence-electron chi connectivity index (χ0n) is 9.63. The van der Waals surface area contributed by atoms with Gasteiger partial charge in [-0.2, -0.15) is 0 Å². The highest BCUT2D eigenvalue weighted by molar-refractivity contribution is 9.11. The maximum atomic E-state index is 13.5. The second kappa shape index (κ2) is 3.91. The number of ketones is 1. The van der Waals surface area contributed by atoms with Crippen molar-refractivity contribution in [2.24, 2.45) is 0 Å². The highest BCUT2D eigenvalue weighted by Gasteiger charge is 2.50. The highest BCUT2D eigenvalue weighted by Crippen LogP contribution is 2.40. The van der Waals surface area contributed by atoms with E-state index in [1.54, 1.807) is 0 Å². The number of nitrogens with one attached hydrogen (secondary N) is 1. The van der Waals surface area contributed by atoms with Crippen molar-refractivity contribution in [2.45, 2.75) is 31.3 Å². The van der Waals surface area contributed by atoms with E-state index in [9.17, 15) is 14.0 Å². The lowest BCUT2D eigenvalue weighted by Gasteiger charge is -2.41. The average molecular weight is 315 g/mol. The second-order valence-electron chi connectivity index (χ2n) is 4.92. The van der Waals surface area contributed by atoms with Gasteiger partial charge < -0.3 is 10.2 Å². The summed E-state index contributed by atoms with van der Waals surface area (Å²) in [6, 6.07) is 0. The van der Waals surface area contributed by atoms with Crippen molar-refractivity contribution in [3.8, 4) is 0 Å². The van der Waals surface area contributed by atoms with Crippen molar-refractivity contribution in [1.82, 2.24) is 10.2 Å². The van der Waals surface area contributed by atoms with Crippen LogP contribution in [0, 0.1) is 0 Å².